The maximum absolute atomic E-state index is 5.68. The SMILES string of the molecule is COc1ccc2ccccc2c1C=C(c1ccccc1)c1ccccc1. The molecule has 126 valence electrons. The van der Waals surface area contributed by atoms with E-state index in [1.807, 2.05) is 18.2 Å². The highest BCUT2D eigenvalue weighted by molar-refractivity contribution is 6.00. The minimum Gasteiger partial charge on any atom is -0.496 e. The number of fused-ring (bicyclic) bond motifs is 1. The van der Waals surface area contributed by atoms with Crippen molar-refractivity contribution in [2.24, 2.45) is 0 Å². The van der Waals surface area contributed by atoms with Crippen LogP contribution >= 0.6 is 0 Å². The fraction of sp³-hybridized carbons (Fsp3) is 0.0400. The molecule has 1 nitrogen and oxygen atoms in total. The van der Waals surface area contributed by atoms with Gasteiger partial charge in [0.25, 0.3) is 0 Å². The van der Waals surface area contributed by atoms with Gasteiger partial charge < -0.3 is 4.74 Å². The fourth-order valence-electron chi connectivity index (χ4n) is 3.32. The Balaban J connectivity index is 2.00. The highest BCUT2D eigenvalue weighted by Crippen LogP contribution is 2.34. The minimum atomic E-state index is 0.882. The van der Waals surface area contributed by atoms with Crippen molar-refractivity contribution in [1.29, 1.82) is 0 Å². The van der Waals surface area contributed by atoms with E-state index in [9.17, 15) is 0 Å². The Kier molecular flexibility index (Phi) is 4.53. The predicted molar refractivity (Wildman–Crippen MR) is 110 cm³/mol. The van der Waals surface area contributed by atoms with Gasteiger partial charge in [-0.1, -0.05) is 91.0 Å². The third-order valence-electron chi connectivity index (χ3n) is 4.61. The van der Waals surface area contributed by atoms with Gasteiger partial charge in [0.2, 0.25) is 0 Å². The first-order valence-electron chi connectivity index (χ1n) is 8.75. The first-order valence-corrected chi connectivity index (χ1v) is 8.75. The number of ether oxygens (including phenoxy) is 1. The van der Waals surface area contributed by atoms with E-state index >= 15 is 0 Å². The average molecular weight is 336 g/mol. The van der Waals surface area contributed by atoms with Crippen molar-refractivity contribution in [3.05, 3.63) is 114 Å². The molecular weight excluding hydrogens is 316 g/mol. The van der Waals surface area contributed by atoms with Crippen LogP contribution in [0.15, 0.2) is 97.1 Å². The summed E-state index contributed by atoms with van der Waals surface area (Å²) in [6.07, 6.45) is 2.24. The van der Waals surface area contributed by atoms with Crippen molar-refractivity contribution in [3.63, 3.8) is 0 Å². The lowest BCUT2D eigenvalue weighted by Crippen LogP contribution is -1.92. The van der Waals surface area contributed by atoms with Crippen LogP contribution in [0.2, 0.25) is 0 Å². The van der Waals surface area contributed by atoms with Gasteiger partial charge in [0.15, 0.2) is 0 Å². The Bertz CT molecular complexity index is 1010. The quantitative estimate of drug-likeness (QED) is 0.390. The number of hydrogen-bond donors (Lipinski definition) is 0. The van der Waals surface area contributed by atoms with Gasteiger partial charge in [-0.3, -0.25) is 0 Å². The van der Waals surface area contributed by atoms with Crippen molar-refractivity contribution in [3.8, 4) is 5.75 Å². The maximum atomic E-state index is 5.68. The Hall–Kier alpha value is -3.32. The molecule has 1 heteroatoms. The smallest absolute Gasteiger partial charge is 0.126 e. The van der Waals surface area contributed by atoms with Gasteiger partial charge in [0.1, 0.15) is 5.75 Å². The van der Waals surface area contributed by atoms with Crippen molar-refractivity contribution < 1.29 is 4.74 Å². The monoisotopic (exact) mass is 336 g/mol. The van der Waals surface area contributed by atoms with Crippen LogP contribution in [0.5, 0.6) is 5.75 Å². The van der Waals surface area contributed by atoms with Crippen molar-refractivity contribution >= 4 is 22.4 Å². The van der Waals surface area contributed by atoms with Gasteiger partial charge >= 0.3 is 0 Å². The summed E-state index contributed by atoms with van der Waals surface area (Å²) in [6.45, 7) is 0. The van der Waals surface area contributed by atoms with Crippen LogP contribution < -0.4 is 4.74 Å². The molecular formula is C25H20O. The van der Waals surface area contributed by atoms with Crippen molar-refractivity contribution in [2.75, 3.05) is 7.11 Å². The zero-order chi connectivity index (χ0) is 17.8. The molecule has 0 aliphatic carbocycles. The lowest BCUT2D eigenvalue weighted by molar-refractivity contribution is 0.414. The summed E-state index contributed by atoms with van der Waals surface area (Å²) in [6, 6.07) is 33.6. The second kappa shape index (κ2) is 7.28. The topological polar surface area (TPSA) is 9.23 Å². The highest BCUT2D eigenvalue weighted by Gasteiger charge is 2.10. The van der Waals surface area contributed by atoms with Crippen molar-refractivity contribution in [2.45, 2.75) is 0 Å². The Morgan fingerprint density at radius 1 is 0.654 bits per heavy atom. The van der Waals surface area contributed by atoms with E-state index in [1.54, 1.807) is 7.11 Å². The van der Waals surface area contributed by atoms with E-state index in [0.717, 1.165) is 11.3 Å². The summed E-state index contributed by atoms with van der Waals surface area (Å²) < 4.78 is 5.68. The molecule has 0 fully saturated rings. The van der Waals surface area contributed by atoms with Crippen LogP contribution in [0.25, 0.3) is 22.4 Å². The van der Waals surface area contributed by atoms with Crippen LogP contribution in [-0.4, -0.2) is 7.11 Å². The molecule has 26 heavy (non-hydrogen) atoms. The molecule has 0 radical (unpaired) electrons. The summed E-state index contributed by atoms with van der Waals surface area (Å²) in [5.74, 6) is 0.882. The molecule has 0 aliphatic rings. The normalized spacial score (nSPS) is 10.5. The largest absolute Gasteiger partial charge is 0.496 e. The fourth-order valence-corrected chi connectivity index (χ4v) is 3.32. The second-order valence-corrected chi connectivity index (χ2v) is 6.19. The molecule has 0 bridgehead atoms. The molecule has 0 spiro atoms. The van der Waals surface area contributed by atoms with Gasteiger partial charge in [-0.15, -0.1) is 0 Å². The molecule has 0 aliphatic heterocycles. The maximum Gasteiger partial charge on any atom is 0.126 e. The number of hydrogen-bond acceptors (Lipinski definition) is 1. The summed E-state index contributed by atoms with van der Waals surface area (Å²) in [5.41, 5.74) is 4.66. The first kappa shape index (κ1) is 16.2. The summed E-state index contributed by atoms with van der Waals surface area (Å²) in [7, 11) is 1.73. The number of rotatable bonds is 4. The molecule has 4 aromatic carbocycles. The van der Waals surface area contributed by atoms with Gasteiger partial charge in [-0.2, -0.15) is 0 Å². The minimum absolute atomic E-state index is 0.882. The van der Waals surface area contributed by atoms with Crippen molar-refractivity contribution in [1.82, 2.24) is 0 Å². The van der Waals surface area contributed by atoms with E-state index < -0.39 is 0 Å². The van der Waals surface area contributed by atoms with E-state index in [4.69, 9.17) is 4.74 Å². The Morgan fingerprint density at radius 2 is 1.23 bits per heavy atom. The van der Waals surface area contributed by atoms with Crippen LogP contribution in [0, 0.1) is 0 Å². The van der Waals surface area contributed by atoms with Crippen LogP contribution in [0.3, 0.4) is 0 Å². The third kappa shape index (κ3) is 3.12. The number of methoxy groups -OCH3 is 1. The lowest BCUT2D eigenvalue weighted by Gasteiger charge is -2.13. The molecule has 4 rings (SSSR count). The van der Waals surface area contributed by atoms with E-state index in [2.05, 4.69) is 84.9 Å². The van der Waals surface area contributed by atoms with E-state index in [0.29, 0.717) is 0 Å². The molecule has 0 amide bonds. The molecule has 4 aromatic rings. The molecule has 0 aromatic heterocycles. The number of benzene rings is 4. The molecule has 0 unspecified atom stereocenters. The van der Waals surface area contributed by atoms with Gasteiger partial charge in [-0.05, 0) is 39.6 Å². The van der Waals surface area contributed by atoms with Crippen LogP contribution in [0.1, 0.15) is 16.7 Å². The molecule has 0 saturated carbocycles. The third-order valence-corrected chi connectivity index (χ3v) is 4.61. The second-order valence-electron chi connectivity index (χ2n) is 6.19. The standard InChI is InChI=1S/C25H20O/c1-26-25-17-16-21-14-8-9-15-22(21)24(25)18-23(19-10-4-2-5-11-19)20-12-6-3-7-13-20/h2-18H,1H3. The van der Waals surface area contributed by atoms with Gasteiger partial charge in [0, 0.05) is 5.56 Å². The molecule has 0 heterocycles. The van der Waals surface area contributed by atoms with Gasteiger partial charge in [-0.25, -0.2) is 0 Å². The summed E-state index contributed by atoms with van der Waals surface area (Å²) in [4.78, 5) is 0. The summed E-state index contributed by atoms with van der Waals surface area (Å²) in [5, 5.41) is 2.40. The summed E-state index contributed by atoms with van der Waals surface area (Å²) >= 11 is 0. The molecule has 0 N–H and O–H groups in total. The zero-order valence-corrected chi connectivity index (χ0v) is 14.7. The highest BCUT2D eigenvalue weighted by atomic mass is 16.5. The first-order chi connectivity index (χ1) is 12.9. The predicted octanol–water partition coefficient (Wildman–Crippen LogP) is 6.44. The van der Waals surface area contributed by atoms with Crippen LogP contribution in [0.4, 0.5) is 0 Å². The van der Waals surface area contributed by atoms with Crippen LogP contribution in [-0.2, 0) is 0 Å². The zero-order valence-electron chi connectivity index (χ0n) is 14.7. The Labute approximate surface area is 154 Å². The average Bonchev–Trinajstić information content (AvgIpc) is 2.73. The molecule has 0 atom stereocenters. The lowest BCUT2D eigenvalue weighted by atomic mass is 9.93. The molecule has 0 saturated heterocycles. The van der Waals surface area contributed by atoms with E-state index in [-0.39, 0.29) is 0 Å². The van der Waals surface area contributed by atoms with Gasteiger partial charge in [0.05, 0.1) is 7.11 Å². The Morgan fingerprint density at radius 3 is 1.85 bits per heavy atom. The van der Waals surface area contributed by atoms with E-state index in [1.165, 1.54) is 27.5 Å².